The Morgan fingerprint density at radius 2 is 1.71 bits per heavy atom. The predicted molar refractivity (Wildman–Crippen MR) is 99.8 cm³/mol. The summed E-state index contributed by atoms with van der Waals surface area (Å²) < 4.78 is 5.54. The molecular weight excluding hydrogens is 300 g/mol. The summed E-state index contributed by atoms with van der Waals surface area (Å²) in [5.74, 6) is 0.698. The Bertz CT molecular complexity index is 721. The Labute approximate surface area is 143 Å². The minimum atomic E-state index is -0.0825. The van der Waals surface area contributed by atoms with Gasteiger partial charge in [0.1, 0.15) is 12.4 Å². The number of ether oxygens (including phenoxy) is 1. The minimum absolute atomic E-state index is 0.0825. The first-order chi connectivity index (χ1) is 11.4. The van der Waals surface area contributed by atoms with Crippen molar-refractivity contribution in [2.75, 3.05) is 23.8 Å². The molecule has 4 nitrogen and oxygen atoms in total. The zero-order chi connectivity index (χ0) is 17.5. The van der Waals surface area contributed by atoms with Crippen LogP contribution in [0.4, 0.5) is 11.4 Å². The molecule has 0 unspecified atom stereocenters. The van der Waals surface area contributed by atoms with Gasteiger partial charge in [-0.2, -0.15) is 0 Å². The van der Waals surface area contributed by atoms with Crippen LogP contribution in [0.15, 0.2) is 54.6 Å². The molecule has 2 aromatic carbocycles. The monoisotopic (exact) mass is 324 g/mol. The van der Waals surface area contributed by atoms with Crippen LogP contribution >= 0.6 is 0 Å². The molecule has 0 atom stereocenters. The van der Waals surface area contributed by atoms with E-state index in [0.717, 1.165) is 28.3 Å². The number of carbonyl (C=O) groups is 1. The minimum Gasteiger partial charge on any atom is -0.489 e. The van der Waals surface area contributed by atoms with Gasteiger partial charge in [0.25, 0.3) is 0 Å². The Morgan fingerprint density at radius 3 is 2.33 bits per heavy atom. The van der Waals surface area contributed by atoms with Crippen molar-refractivity contribution in [3.05, 3.63) is 65.7 Å². The third-order valence-corrected chi connectivity index (χ3v) is 3.58. The second-order valence-electron chi connectivity index (χ2n) is 5.97. The van der Waals surface area contributed by atoms with Crippen LogP contribution in [0, 0.1) is 13.8 Å². The molecular formula is C20H24N2O2. The Balaban J connectivity index is 1.82. The van der Waals surface area contributed by atoms with Crippen LogP contribution in [0.5, 0.6) is 5.75 Å². The number of carbonyl (C=O) groups excluding carboxylic acids is 1. The van der Waals surface area contributed by atoms with Crippen molar-refractivity contribution in [2.24, 2.45) is 0 Å². The number of hydrogen-bond donors (Lipinski definition) is 2. The summed E-state index contributed by atoms with van der Waals surface area (Å²) in [5.41, 5.74) is 5.02. The quantitative estimate of drug-likeness (QED) is 0.746. The molecule has 0 aromatic heterocycles. The highest BCUT2D eigenvalue weighted by molar-refractivity contribution is 5.93. The largest absolute Gasteiger partial charge is 0.489 e. The summed E-state index contributed by atoms with van der Waals surface area (Å²) >= 11 is 0. The molecule has 0 aliphatic heterocycles. The maximum absolute atomic E-state index is 12.0. The fourth-order valence-electron chi connectivity index (χ4n) is 2.08. The molecule has 0 fully saturated rings. The maximum atomic E-state index is 12.0. The molecule has 0 aliphatic rings. The first-order valence-electron chi connectivity index (χ1n) is 7.92. The van der Waals surface area contributed by atoms with Gasteiger partial charge < -0.3 is 15.4 Å². The highest BCUT2D eigenvalue weighted by atomic mass is 16.5. The van der Waals surface area contributed by atoms with Crippen LogP contribution in [0.1, 0.15) is 18.1 Å². The van der Waals surface area contributed by atoms with Gasteiger partial charge in [0.15, 0.2) is 0 Å². The highest BCUT2D eigenvalue weighted by Crippen LogP contribution is 2.17. The second kappa shape index (κ2) is 8.20. The number of benzene rings is 2. The molecule has 2 aromatic rings. The van der Waals surface area contributed by atoms with Crippen molar-refractivity contribution in [2.45, 2.75) is 20.8 Å². The first-order valence-corrected chi connectivity index (χ1v) is 7.92. The van der Waals surface area contributed by atoms with Gasteiger partial charge in [0.05, 0.1) is 6.54 Å². The van der Waals surface area contributed by atoms with E-state index in [2.05, 4.69) is 17.2 Å². The van der Waals surface area contributed by atoms with Gasteiger partial charge in [-0.25, -0.2) is 0 Å². The number of amides is 1. The Morgan fingerprint density at radius 1 is 1.04 bits per heavy atom. The molecule has 4 heteroatoms. The van der Waals surface area contributed by atoms with Gasteiger partial charge in [-0.05, 0) is 73.9 Å². The number of anilines is 2. The van der Waals surface area contributed by atoms with Crippen LogP contribution in [-0.4, -0.2) is 19.1 Å². The molecule has 0 saturated heterocycles. The van der Waals surface area contributed by atoms with Crippen molar-refractivity contribution in [1.29, 1.82) is 0 Å². The summed E-state index contributed by atoms with van der Waals surface area (Å²) in [6, 6.07) is 13.4. The summed E-state index contributed by atoms with van der Waals surface area (Å²) in [6.45, 7) is 10.5. The van der Waals surface area contributed by atoms with Gasteiger partial charge in [-0.3, -0.25) is 4.79 Å². The smallest absolute Gasteiger partial charge is 0.243 e. The van der Waals surface area contributed by atoms with Gasteiger partial charge >= 0.3 is 0 Å². The Kier molecular flexibility index (Phi) is 6.01. The number of aryl methyl sites for hydroxylation is 2. The average molecular weight is 324 g/mol. The molecule has 2 rings (SSSR count). The van der Waals surface area contributed by atoms with E-state index in [1.165, 1.54) is 5.56 Å². The normalized spacial score (nSPS) is 10.1. The third kappa shape index (κ3) is 5.47. The van der Waals surface area contributed by atoms with Gasteiger partial charge in [0, 0.05) is 11.4 Å². The SMILES string of the molecule is C=C(C)COc1ccc(NCC(=O)Nc2ccc(C)c(C)c2)cc1. The second-order valence-corrected chi connectivity index (χ2v) is 5.97. The molecule has 0 bridgehead atoms. The van der Waals surface area contributed by atoms with Crippen LogP contribution in [-0.2, 0) is 4.79 Å². The van der Waals surface area contributed by atoms with Crippen molar-refractivity contribution < 1.29 is 9.53 Å². The first kappa shape index (κ1) is 17.6. The maximum Gasteiger partial charge on any atom is 0.243 e. The van der Waals surface area contributed by atoms with E-state index < -0.39 is 0 Å². The summed E-state index contributed by atoms with van der Waals surface area (Å²) in [7, 11) is 0. The van der Waals surface area contributed by atoms with Gasteiger partial charge in [0.2, 0.25) is 5.91 Å². The Hall–Kier alpha value is -2.75. The van der Waals surface area contributed by atoms with Crippen molar-refractivity contribution >= 4 is 17.3 Å². The fourth-order valence-corrected chi connectivity index (χ4v) is 2.08. The molecule has 0 saturated carbocycles. The van der Waals surface area contributed by atoms with Crippen LogP contribution in [0.3, 0.4) is 0 Å². The van der Waals surface area contributed by atoms with Gasteiger partial charge in [-0.15, -0.1) is 0 Å². The van der Waals surface area contributed by atoms with E-state index in [0.29, 0.717) is 6.61 Å². The lowest BCUT2D eigenvalue weighted by molar-refractivity contribution is -0.114. The molecule has 0 heterocycles. The van der Waals surface area contributed by atoms with E-state index in [1.54, 1.807) is 0 Å². The van der Waals surface area contributed by atoms with Gasteiger partial charge in [-0.1, -0.05) is 12.6 Å². The molecule has 1 amide bonds. The highest BCUT2D eigenvalue weighted by Gasteiger charge is 2.04. The zero-order valence-corrected chi connectivity index (χ0v) is 14.5. The van der Waals surface area contributed by atoms with Crippen LogP contribution < -0.4 is 15.4 Å². The van der Waals surface area contributed by atoms with E-state index in [9.17, 15) is 4.79 Å². The molecule has 126 valence electrons. The number of rotatable bonds is 7. The van der Waals surface area contributed by atoms with E-state index in [1.807, 2.05) is 63.2 Å². The van der Waals surface area contributed by atoms with Crippen molar-refractivity contribution in [1.82, 2.24) is 0 Å². The number of nitrogens with one attached hydrogen (secondary N) is 2. The number of hydrogen-bond acceptors (Lipinski definition) is 3. The summed E-state index contributed by atoms with van der Waals surface area (Å²) in [4.78, 5) is 12.0. The van der Waals surface area contributed by atoms with Crippen molar-refractivity contribution in [3.63, 3.8) is 0 Å². The molecule has 0 spiro atoms. The molecule has 2 N–H and O–H groups in total. The standard InChI is InChI=1S/C20H24N2O2/c1-14(2)13-24-19-9-7-17(8-10-19)21-12-20(23)22-18-6-5-15(3)16(4)11-18/h5-11,21H,1,12-13H2,2-4H3,(H,22,23). The topological polar surface area (TPSA) is 50.4 Å². The van der Waals surface area contributed by atoms with Crippen LogP contribution in [0.2, 0.25) is 0 Å². The molecule has 0 aliphatic carbocycles. The third-order valence-electron chi connectivity index (χ3n) is 3.58. The molecule has 0 radical (unpaired) electrons. The van der Waals surface area contributed by atoms with Crippen LogP contribution in [0.25, 0.3) is 0 Å². The van der Waals surface area contributed by atoms with E-state index in [4.69, 9.17) is 4.74 Å². The van der Waals surface area contributed by atoms with E-state index in [-0.39, 0.29) is 12.5 Å². The zero-order valence-electron chi connectivity index (χ0n) is 14.5. The fraction of sp³-hybridized carbons (Fsp3) is 0.250. The summed E-state index contributed by atoms with van der Waals surface area (Å²) in [5, 5.41) is 5.99. The average Bonchev–Trinajstić information content (AvgIpc) is 2.55. The predicted octanol–water partition coefficient (Wildman–Crippen LogP) is 4.31. The molecule has 24 heavy (non-hydrogen) atoms. The lowest BCUT2D eigenvalue weighted by Gasteiger charge is -2.10. The van der Waals surface area contributed by atoms with Crippen molar-refractivity contribution in [3.8, 4) is 5.75 Å². The summed E-state index contributed by atoms with van der Waals surface area (Å²) in [6.07, 6.45) is 0. The lowest BCUT2D eigenvalue weighted by Crippen LogP contribution is -2.21. The lowest BCUT2D eigenvalue weighted by atomic mass is 10.1. The van der Waals surface area contributed by atoms with E-state index >= 15 is 0 Å².